The Morgan fingerprint density at radius 2 is 1.83 bits per heavy atom. The van der Waals surface area contributed by atoms with Crippen molar-refractivity contribution < 1.29 is 9.84 Å². The largest absolute Gasteiger partial charge is 0.393 e. The van der Waals surface area contributed by atoms with Crippen molar-refractivity contribution in [2.24, 2.45) is 5.92 Å². The number of aromatic nitrogens is 3. The van der Waals surface area contributed by atoms with E-state index in [1.165, 1.54) is 19.3 Å². The highest BCUT2D eigenvalue weighted by atomic mass is 16.5. The van der Waals surface area contributed by atoms with E-state index in [1.54, 1.807) is 0 Å². The molecule has 0 spiro atoms. The number of pyridine rings is 1. The summed E-state index contributed by atoms with van der Waals surface area (Å²) in [7, 11) is 0. The second-order valence-corrected chi connectivity index (χ2v) is 10.5. The van der Waals surface area contributed by atoms with Gasteiger partial charge >= 0.3 is 0 Å². The lowest BCUT2D eigenvalue weighted by molar-refractivity contribution is 0.0342. The molecule has 6 rings (SSSR count). The minimum Gasteiger partial charge on any atom is -0.393 e. The first-order chi connectivity index (χ1) is 17.2. The van der Waals surface area contributed by atoms with Gasteiger partial charge in [0.25, 0.3) is 5.56 Å². The van der Waals surface area contributed by atoms with Crippen LogP contribution in [0.25, 0.3) is 21.8 Å². The van der Waals surface area contributed by atoms with Crippen molar-refractivity contribution in [1.29, 1.82) is 0 Å². The molecule has 8 nitrogen and oxygen atoms in total. The molecular weight excluding hydrogens is 442 g/mol. The van der Waals surface area contributed by atoms with Crippen LogP contribution in [0.4, 0.5) is 5.95 Å². The van der Waals surface area contributed by atoms with Gasteiger partial charge < -0.3 is 15.2 Å². The topological polar surface area (TPSA) is 92.5 Å². The van der Waals surface area contributed by atoms with E-state index in [1.807, 2.05) is 10.8 Å². The predicted octanol–water partition coefficient (Wildman–Crippen LogP) is 3.46. The van der Waals surface area contributed by atoms with Gasteiger partial charge in [-0.2, -0.15) is 4.98 Å². The van der Waals surface area contributed by atoms with E-state index in [0.29, 0.717) is 30.4 Å². The molecule has 2 N–H and O–H groups in total. The Kier molecular flexibility index (Phi) is 6.43. The SMILES string of the molecule is O=c1c2cc(CN3CCOCC3)ccc2c2cnc(NCC3CCC3)nc2n1C1CCC(O)CC1. The molecule has 3 aliphatic rings. The summed E-state index contributed by atoms with van der Waals surface area (Å²) in [5.41, 5.74) is 1.86. The van der Waals surface area contributed by atoms with E-state index in [9.17, 15) is 9.90 Å². The Morgan fingerprint density at radius 3 is 2.57 bits per heavy atom. The molecule has 3 heterocycles. The summed E-state index contributed by atoms with van der Waals surface area (Å²) in [5, 5.41) is 16.0. The molecule has 1 aliphatic heterocycles. The van der Waals surface area contributed by atoms with Crippen LogP contribution < -0.4 is 10.9 Å². The second kappa shape index (κ2) is 9.84. The highest BCUT2D eigenvalue weighted by molar-refractivity contribution is 6.04. The van der Waals surface area contributed by atoms with Crippen LogP contribution in [0.5, 0.6) is 0 Å². The van der Waals surface area contributed by atoms with Crippen LogP contribution in [0.2, 0.25) is 0 Å². The third kappa shape index (κ3) is 4.67. The normalized spacial score (nSPS) is 24.0. The van der Waals surface area contributed by atoms with Crippen molar-refractivity contribution >= 4 is 27.8 Å². The monoisotopic (exact) mass is 477 g/mol. The number of morpholine rings is 1. The van der Waals surface area contributed by atoms with E-state index >= 15 is 0 Å². The van der Waals surface area contributed by atoms with Crippen molar-refractivity contribution in [3.05, 3.63) is 40.3 Å². The van der Waals surface area contributed by atoms with Crippen LogP contribution in [0, 0.1) is 5.92 Å². The molecule has 0 amide bonds. The number of nitrogens with zero attached hydrogens (tertiary/aromatic N) is 4. The molecule has 2 saturated carbocycles. The number of hydrogen-bond donors (Lipinski definition) is 2. The van der Waals surface area contributed by atoms with Gasteiger partial charge in [-0.1, -0.05) is 18.6 Å². The van der Waals surface area contributed by atoms with Crippen molar-refractivity contribution in [3.8, 4) is 0 Å². The Bertz CT molecular complexity index is 1260. The van der Waals surface area contributed by atoms with Crippen LogP contribution in [-0.2, 0) is 11.3 Å². The maximum absolute atomic E-state index is 14.0. The van der Waals surface area contributed by atoms with E-state index in [0.717, 1.165) is 74.0 Å². The standard InChI is InChI=1S/C27H35N5O3/c33-21-7-5-20(6-8-21)32-25-24(16-29-27(30-25)28-15-18-2-1-3-18)22-9-4-19(14-23(22)26(32)34)17-31-10-12-35-13-11-31/h4,9,14,16,18,20-21,33H,1-3,5-8,10-13,15,17H2,(H,28,29,30). The lowest BCUT2D eigenvalue weighted by Gasteiger charge is -2.29. The van der Waals surface area contributed by atoms with Crippen LogP contribution in [0.3, 0.4) is 0 Å². The first-order valence-corrected chi connectivity index (χ1v) is 13.2. The van der Waals surface area contributed by atoms with Gasteiger partial charge in [-0.05, 0) is 61.5 Å². The molecule has 0 bridgehead atoms. The molecular formula is C27H35N5O3. The maximum Gasteiger partial charge on any atom is 0.260 e. The van der Waals surface area contributed by atoms with Crippen molar-refractivity contribution in [2.45, 2.75) is 63.6 Å². The number of nitrogens with one attached hydrogen (secondary N) is 1. The zero-order valence-corrected chi connectivity index (χ0v) is 20.3. The number of ether oxygens (including phenoxy) is 1. The maximum atomic E-state index is 14.0. The van der Waals surface area contributed by atoms with Crippen LogP contribution >= 0.6 is 0 Å². The summed E-state index contributed by atoms with van der Waals surface area (Å²) in [5.74, 6) is 1.29. The molecule has 35 heavy (non-hydrogen) atoms. The molecule has 8 heteroatoms. The molecule has 1 aromatic carbocycles. The first-order valence-electron chi connectivity index (χ1n) is 13.2. The van der Waals surface area contributed by atoms with E-state index < -0.39 is 0 Å². The highest BCUT2D eigenvalue weighted by Gasteiger charge is 2.26. The van der Waals surface area contributed by atoms with E-state index in [-0.39, 0.29) is 17.7 Å². The Balaban J connectivity index is 1.42. The smallest absolute Gasteiger partial charge is 0.260 e. The fourth-order valence-electron chi connectivity index (χ4n) is 5.76. The lowest BCUT2D eigenvalue weighted by atomic mass is 9.85. The van der Waals surface area contributed by atoms with Crippen LogP contribution in [-0.4, -0.2) is 63.5 Å². The minimum atomic E-state index is -0.275. The number of benzene rings is 1. The van der Waals surface area contributed by atoms with E-state index in [2.05, 4.69) is 33.4 Å². The first kappa shape index (κ1) is 22.9. The molecule has 2 aromatic heterocycles. The van der Waals surface area contributed by atoms with Gasteiger partial charge in [0.15, 0.2) is 0 Å². The Morgan fingerprint density at radius 1 is 1.03 bits per heavy atom. The third-order valence-electron chi connectivity index (χ3n) is 8.14. The second-order valence-electron chi connectivity index (χ2n) is 10.5. The van der Waals surface area contributed by atoms with Crippen LogP contribution in [0.15, 0.2) is 29.2 Å². The molecule has 0 unspecified atom stereocenters. The molecule has 186 valence electrons. The van der Waals surface area contributed by atoms with Gasteiger partial charge in [0.05, 0.1) is 19.3 Å². The minimum absolute atomic E-state index is 0.0151. The van der Waals surface area contributed by atoms with Gasteiger partial charge in [0.2, 0.25) is 5.95 Å². The quantitative estimate of drug-likeness (QED) is 0.525. The summed E-state index contributed by atoms with van der Waals surface area (Å²) < 4.78 is 7.38. The molecule has 0 radical (unpaired) electrons. The lowest BCUT2D eigenvalue weighted by Crippen LogP contribution is -2.35. The summed E-state index contributed by atoms with van der Waals surface area (Å²) in [6.07, 6.45) is 8.41. The average Bonchev–Trinajstić information content (AvgIpc) is 2.85. The molecule has 1 saturated heterocycles. The number of rotatable bonds is 6. The Labute approximate surface area is 205 Å². The predicted molar refractivity (Wildman–Crippen MR) is 137 cm³/mol. The zero-order chi connectivity index (χ0) is 23.8. The summed E-state index contributed by atoms with van der Waals surface area (Å²) in [4.78, 5) is 25.9. The fourth-order valence-corrected chi connectivity index (χ4v) is 5.76. The van der Waals surface area contributed by atoms with Crippen LogP contribution in [0.1, 0.15) is 56.6 Å². The van der Waals surface area contributed by atoms with Crippen molar-refractivity contribution in [2.75, 3.05) is 38.2 Å². The fraction of sp³-hybridized carbons (Fsp3) is 0.593. The van der Waals surface area contributed by atoms with Gasteiger partial charge in [-0.15, -0.1) is 0 Å². The number of aliphatic hydroxyl groups is 1. The molecule has 0 atom stereocenters. The van der Waals surface area contributed by atoms with Gasteiger partial charge in [-0.25, -0.2) is 4.98 Å². The number of anilines is 1. The third-order valence-corrected chi connectivity index (χ3v) is 8.14. The summed E-state index contributed by atoms with van der Waals surface area (Å²) >= 11 is 0. The van der Waals surface area contributed by atoms with Gasteiger partial charge in [-0.3, -0.25) is 14.3 Å². The average molecular weight is 478 g/mol. The number of hydrogen-bond acceptors (Lipinski definition) is 7. The van der Waals surface area contributed by atoms with Crippen molar-refractivity contribution in [3.63, 3.8) is 0 Å². The van der Waals surface area contributed by atoms with Crippen molar-refractivity contribution in [1.82, 2.24) is 19.4 Å². The number of aliphatic hydroxyl groups excluding tert-OH is 1. The molecule has 3 aromatic rings. The van der Waals surface area contributed by atoms with Gasteiger partial charge in [0.1, 0.15) is 5.65 Å². The zero-order valence-electron chi connectivity index (χ0n) is 20.3. The molecule has 2 aliphatic carbocycles. The number of fused-ring (bicyclic) bond motifs is 3. The van der Waals surface area contributed by atoms with Gasteiger partial charge in [0, 0.05) is 49.2 Å². The highest BCUT2D eigenvalue weighted by Crippen LogP contribution is 2.32. The Hall–Kier alpha value is -2.55. The summed E-state index contributed by atoms with van der Waals surface area (Å²) in [6.45, 7) is 5.03. The van der Waals surface area contributed by atoms with E-state index in [4.69, 9.17) is 9.72 Å². The summed E-state index contributed by atoms with van der Waals surface area (Å²) in [6, 6.07) is 6.29. The molecule has 3 fully saturated rings.